The van der Waals surface area contributed by atoms with Crippen molar-refractivity contribution in [1.29, 1.82) is 0 Å². The zero-order valence-electron chi connectivity index (χ0n) is 15.0. The summed E-state index contributed by atoms with van der Waals surface area (Å²) in [6.45, 7) is 7.04. The minimum Gasteiger partial charge on any atom is -0.481 e. The van der Waals surface area contributed by atoms with Crippen LogP contribution in [0.1, 0.15) is 24.2 Å². The third kappa shape index (κ3) is 3.10. The van der Waals surface area contributed by atoms with Crippen LogP contribution in [0.3, 0.4) is 0 Å². The second-order valence-electron chi connectivity index (χ2n) is 6.91. The third-order valence-electron chi connectivity index (χ3n) is 5.25. The van der Waals surface area contributed by atoms with E-state index in [0.29, 0.717) is 17.8 Å². The summed E-state index contributed by atoms with van der Waals surface area (Å²) < 4.78 is 5.24. The molecule has 0 N–H and O–H groups in total. The molecule has 7 nitrogen and oxygen atoms in total. The van der Waals surface area contributed by atoms with Crippen molar-refractivity contribution < 1.29 is 4.74 Å². The molecular formula is C18H24N6O. The average molecular weight is 340 g/mol. The number of fused-ring (bicyclic) bond motifs is 1. The zero-order chi connectivity index (χ0) is 17.4. The monoisotopic (exact) mass is 340 g/mol. The van der Waals surface area contributed by atoms with Crippen molar-refractivity contribution >= 4 is 11.8 Å². The maximum absolute atomic E-state index is 5.24. The van der Waals surface area contributed by atoms with E-state index in [4.69, 9.17) is 4.74 Å². The SMILES string of the molecule is COc1cc(N2CCC3CCN(c4nc(C)cc(C)n4)C3C2)ncn1. The van der Waals surface area contributed by atoms with Crippen LogP contribution in [-0.4, -0.2) is 52.7 Å². The molecule has 132 valence electrons. The lowest BCUT2D eigenvalue weighted by Gasteiger charge is -2.39. The van der Waals surface area contributed by atoms with Crippen molar-refractivity contribution in [3.8, 4) is 5.88 Å². The maximum Gasteiger partial charge on any atom is 0.226 e. The van der Waals surface area contributed by atoms with Gasteiger partial charge in [-0.25, -0.2) is 19.9 Å². The molecule has 2 unspecified atom stereocenters. The fraction of sp³-hybridized carbons (Fsp3) is 0.556. The lowest BCUT2D eigenvalue weighted by Crippen LogP contribution is -2.49. The van der Waals surface area contributed by atoms with Gasteiger partial charge in [0.05, 0.1) is 13.2 Å². The molecule has 2 aliphatic rings. The van der Waals surface area contributed by atoms with E-state index in [1.807, 2.05) is 26.0 Å². The quantitative estimate of drug-likeness (QED) is 0.846. The molecular weight excluding hydrogens is 316 g/mol. The summed E-state index contributed by atoms with van der Waals surface area (Å²) in [5.41, 5.74) is 2.05. The van der Waals surface area contributed by atoms with Gasteiger partial charge in [-0.05, 0) is 38.7 Å². The Morgan fingerprint density at radius 3 is 2.56 bits per heavy atom. The largest absolute Gasteiger partial charge is 0.481 e. The summed E-state index contributed by atoms with van der Waals surface area (Å²) in [7, 11) is 1.63. The number of aryl methyl sites for hydroxylation is 2. The highest BCUT2D eigenvalue weighted by molar-refractivity contribution is 5.45. The fourth-order valence-corrected chi connectivity index (χ4v) is 4.05. The van der Waals surface area contributed by atoms with E-state index in [-0.39, 0.29) is 0 Å². The number of rotatable bonds is 3. The summed E-state index contributed by atoms with van der Waals surface area (Å²) in [5.74, 6) is 3.10. The fourth-order valence-electron chi connectivity index (χ4n) is 4.05. The van der Waals surface area contributed by atoms with Crippen LogP contribution in [-0.2, 0) is 0 Å². The van der Waals surface area contributed by atoms with Crippen LogP contribution >= 0.6 is 0 Å². The zero-order valence-corrected chi connectivity index (χ0v) is 15.0. The minimum absolute atomic E-state index is 0.427. The molecule has 4 heterocycles. The van der Waals surface area contributed by atoms with Crippen LogP contribution in [0, 0.1) is 19.8 Å². The summed E-state index contributed by atoms with van der Waals surface area (Å²) in [4.78, 5) is 22.6. The van der Waals surface area contributed by atoms with Gasteiger partial charge in [0.25, 0.3) is 0 Å². The molecule has 0 bridgehead atoms. The first-order valence-electron chi connectivity index (χ1n) is 8.84. The predicted molar refractivity (Wildman–Crippen MR) is 96.2 cm³/mol. The maximum atomic E-state index is 5.24. The van der Waals surface area contributed by atoms with Crippen molar-refractivity contribution in [3.05, 3.63) is 29.8 Å². The Morgan fingerprint density at radius 1 is 1.04 bits per heavy atom. The van der Waals surface area contributed by atoms with Gasteiger partial charge in [-0.3, -0.25) is 0 Å². The Balaban J connectivity index is 1.58. The van der Waals surface area contributed by atoms with Crippen molar-refractivity contribution in [2.75, 3.05) is 36.5 Å². The van der Waals surface area contributed by atoms with Crippen molar-refractivity contribution in [1.82, 2.24) is 19.9 Å². The van der Waals surface area contributed by atoms with Crippen LogP contribution in [0.2, 0.25) is 0 Å². The molecule has 7 heteroatoms. The van der Waals surface area contributed by atoms with E-state index in [0.717, 1.165) is 49.2 Å². The van der Waals surface area contributed by atoms with E-state index in [2.05, 4.69) is 29.7 Å². The molecule has 4 rings (SSSR count). The highest BCUT2D eigenvalue weighted by Crippen LogP contribution is 2.35. The van der Waals surface area contributed by atoms with E-state index in [1.54, 1.807) is 13.4 Å². The van der Waals surface area contributed by atoms with Crippen molar-refractivity contribution in [2.45, 2.75) is 32.7 Å². The lowest BCUT2D eigenvalue weighted by molar-refractivity contribution is 0.383. The summed E-state index contributed by atoms with van der Waals surface area (Å²) in [6.07, 6.45) is 3.94. The number of aromatic nitrogens is 4. The molecule has 2 atom stereocenters. The number of hydrogen-bond donors (Lipinski definition) is 0. The van der Waals surface area contributed by atoms with Gasteiger partial charge >= 0.3 is 0 Å². The number of ether oxygens (including phenoxy) is 1. The van der Waals surface area contributed by atoms with E-state index in [1.165, 1.54) is 6.42 Å². The van der Waals surface area contributed by atoms with Gasteiger partial charge in [0, 0.05) is 37.1 Å². The summed E-state index contributed by atoms with van der Waals surface area (Å²) in [6, 6.07) is 4.36. The van der Waals surface area contributed by atoms with Crippen LogP contribution in [0.15, 0.2) is 18.5 Å². The Morgan fingerprint density at radius 2 is 1.80 bits per heavy atom. The number of hydrogen-bond acceptors (Lipinski definition) is 7. The van der Waals surface area contributed by atoms with Gasteiger partial charge in [0.1, 0.15) is 12.1 Å². The second kappa shape index (κ2) is 6.46. The van der Waals surface area contributed by atoms with Gasteiger partial charge in [-0.2, -0.15) is 0 Å². The van der Waals surface area contributed by atoms with Crippen LogP contribution < -0.4 is 14.5 Å². The van der Waals surface area contributed by atoms with E-state index in [9.17, 15) is 0 Å². The molecule has 2 fully saturated rings. The highest BCUT2D eigenvalue weighted by Gasteiger charge is 2.40. The standard InChI is InChI=1S/C18H24N6O/c1-12-8-13(2)22-18(21-12)24-7-5-14-4-6-23(10-15(14)24)16-9-17(25-3)20-11-19-16/h8-9,11,14-15H,4-7,10H2,1-3H3. The number of anilines is 2. The van der Waals surface area contributed by atoms with E-state index >= 15 is 0 Å². The Hall–Kier alpha value is -2.44. The molecule has 2 aromatic rings. The molecule has 0 aliphatic carbocycles. The van der Waals surface area contributed by atoms with Gasteiger partial charge in [-0.1, -0.05) is 0 Å². The van der Waals surface area contributed by atoms with Crippen LogP contribution in [0.4, 0.5) is 11.8 Å². The molecule has 2 aliphatic heterocycles. The summed E-state index contributed by atoms with van der Waals surface area (Å²) >= 11 is 0. The predicted octanol–water partition coefficient (Wildman–Crippen LogP) is 2.00. The Labute approximate surface area is 148 Å². The van der Waals surface area contributed by atoms with Crippen LogP contribution in [0.5, 0.6) is 5.88 Å². The minimum atomic E-state index is 0.427. The second-order valence-corrected chi connectivity index (χ2v) is 6.91. The Kier molecular flexibility index (Phi) is 4.15. The molecule has 0 saturated carbocycles. The molecule has 0 aromatic carbocycles. The van der Waals surface area contributed by atoms with Crippen LogP contribution in [0.25, 0.3) is 0 Å². The number of piperidine rings is 1. The first kappa shape index (κ1) is 16.1. The van der Waals surface area contributed by atoms with Gasteiger partial charge in [0.2, 0.25) is 11.8 Å². The normalized spacial score (nSPS) is 22.8. The molecule has 2 saturated heterocycles. The van der Waals surface area contributed by atoms with Crippen molar-refractivity contribution in [3.63, 3.8) is 0 Å². The third-order valence-corrected chi connectivity index (χ3v) is 5.25. The number of nitrogens with zero attached hydrogens (tertiary/aromatic N) is 6. The first-order valence-corrected chi connectivity index (χ1v) is 8.84. The van der Waals surface area contributed by atoms with E-state index < -0.39 is 0 Å². The lowest BCUT2D eigenvalue weighted by atomic mass is 9.92. The van der Waals surface area contributed by atoms with Crippen molar-refractivity contribution in [2.24, 2.45) is 5.92 Å². The highest BCUT2D eigenvalue weighted by atomic mass is 16.5. The molecule has 0 spiro atoms. The molecule has 2 aromatic heterocycles. The molecule has 25 heavy (non-hydrogen) atoms. The summed E-state index contributed by atoms with van der Waals surface area (Å²) in [5, 5.41) is 0. The Bertz CT molecular complexity index is 747. The molecule has 0 amide bonds. The van der Waals surface area contributed by atoms with Gasteiger partial charge < -0.3 is 14.5 Å². The smallest absolute Gasteiger partial charge is 0.226 e. The first-order chi connectivity index (χ1) is 12.1. The molecule has 0 radical (unpaired) electrons. The average Bonchev–Trinajstić information content (AvgIpc) is 3.04. The van der Waals surface area contributed by atoms with Gasteiger partial charge in [0.15, 0.2) is 0 Å². The number of methoxy groups -OCH3 is 1. The topological polar surface area (TPSA) is 67.3 Å². The van der Waals surface area contributed by atoms with Gasteiger partial charge in [-0.15, -0.1) is 0 Å².